The molecule has 0 aliphatic carbocycles. The molecule has 1 unspecified atom stereocenters. The lowest BCUT2D eigenvalue weighted by molar-refractivity contribution is -0.136. The van der Waals surface area contributed by atoms with Crippen LogP contribution < -0.4 is 5.32 Å². The van der Waals surface area contributed by atoms with E-state index >= 15 is 0 Å². The van der Waals surface area contributed by atoms with Crippen molar-refractivity contribution in [2.45, 2.75) is 45.7 Å². The lowest BCUT2D eigenvalue weighted by atomic mass is 10.0. The molecule has 1 aromatic carbocycles. The first-order chi connectivity index (χ1) is 13.9. The molecule has 29 heavy (non-hydrogen) atoms. The molecular weight excluding hydrogens is 371 g/mol. The van der Waals surface area contributed by atoms with Gasteiger partial charge < -0.3 is 10.2 Å². The molecule has 0 aromatic heterocycles. The zero-order valence-electron chi connectivity index (χ0n) is 17.6. The fourth-order valence-corrected chi connectivity index (χ4v) is 4.06. The van der Waals surface area contributed by atoms with Crippen LogP contribution in [0.5, 0.6) is 0 Å². The van der Waals surface area contributed by atoms with Crippen LogP contribution in [0.3, 0.4) is 0 Å². The van der Waals surface area contributed by atoms with Crippen LogP contribution in [-0.2, 0) is 16.1 Å². The van der Waals surface area contributed by atoms with Crippen molar-refractivity contribution >= 4 is 11.8 Å². The van der Waals surface area contributed by atoms with Crippen molar-refractivity contribution in [1.82, 2.24) is 20.0 Å². The van der Waals surface area contributed by atoms with Crippen molar-refractivity contribution in [3.05, 3.63) is 35.1 Å². The molecule has 2 aliphatic rings. The van der Waals surface area contributed by atoms with Crippen LogP contribution >= 0.6 is 0 Å². The normalized spacial score (nSPS) is 21.2. The van der Waals surface area contributed by atoms with Gasteiger partial charge in [-0.15, -0.1) is 0 Å². The maximum absolute atomic E-state index is 13.6. The molecule has 1 aromatic rings. The van der Waals surface area contributed by atoms with Gasteiger partial charge in [0.05, 0.1) is 13.1 Å². The number of hydrogen-bond donors (Lipinski definition) is 1. The second-order valence-electron chi connectivity index (χ2n) is 8.34. The molecule has 160 valence electrons. The average Bonchev–Trinajstić information content (AvgIpc) is 2.70. The lowest BCUT2D eigenvalue weighted by Gasteiger charge is -2.37. The minimum Gasteiger partial charge on any atom is -0.351 e. The number of carbonyl (C=O) groups excluding carboxylic acids is 2. The summed E-state index contributed by atoms with van der Waals surface area (Å²) >= 11 is 0. The Bertz CT molecular complexity index is 719. The van der Waals surface area contributed by atoms with Gasteiger partial charge in [0, 0.05) is 45.3 Å². The van der Waals surface area contributed by atoms with E-state index in [1.807, 2.05) is 11.0 Å². The van der Waals surface area contributed by atoms with Crippen LogP contribution in [0, 0.1) is 12.7 Å². The number of piperazine rings is 1. The topological polar surface area (TPSA) is 55.9 Å². The summed E-state index contributed by atoms with van der Waals surface area (Å²) in [7, 11) is 0. The van der Waals surface area contributed by atoms with Crippen molar-refractivity contribution in [1.29, 1.82) is 0 Å². The molecule has 7 heteroatoms. The van der Waals surface area contributed by atoms with Gasteiger partial charge in [-0.2, -0.15) is 0 Å². The van der Waals surface area contributed by atoms with E-state index in [0.29, 0.717) is 31.2 Å². The standard InChI is InChI=1S/C22H33FN4O2/c1-17-6-7-19(13-20(17)23)14-24-21(28)15-25-9-11-26(12-10-25)16-22(29)27-8-4-3-5-18(27)2/h6-7,13,18H,3-5,8-12,14-16H2,1-2H3,(H,24,28). The number of likely N-dealkylation sites (tertiary alicyclic amines) is 1. The first-order valence-electron chi connectivity index (χ1n) is 10.7. The van der Waals surface area contributed by atoms with Crippen LogP contribution in [0.2, 0.25) is 0 Å². The number of amides is 2. The van der Waals surface area contributed by atoms with Crippen molar-refractivity contribution in [3.63, 3.8) is 0 Å². The summed E-state index contributed by atoms with van der Waals surface area (Å²) in [6, 6.07) is 5.37. The maximum atomic E-state index is 13.6. The SMILES string of the molecule is Cc1ccc(CNC(=O)CN2CCN(CC(=O)N3CCCCC3C)CC2)cc1F. The molecule has 0 saturated carbocycles. The Hall–Kier alpha value is -1.99. The number of halogens is 1. The molecule has 0 radical (unpaired) electrons. The van der Waals surface area contributed by atoms with Crippen molar-refractivity contribution in [2.24, 2.45) is 0 Å². The van der Waals surface area contributed by atoms with Crippen LogP contribution in [-0.4, -0.2) is 78.4 Å². The van der Waals surface area contributed by atoms with Gasteiger partial charge in [0.1, 0.15) is 5.82 Å². The third-order valence-electron chi connectivity index (χ3n) is 6.04. The average molecular weight is 405 g/mol. The maximum Gasteiger partial charge on any atom is 0.236 e. The second-order valence-corrected chi connectivity index (χ2v) is 8.34. The molecule has 2 amide bonds. The van der Waals surface area contributed by atoms with Gasteiger partial charge in [-0.1, -0.05) is 12.1 Å². The third-order valence-corrected chi connectivity index (χ3v) is 6.04. The molecule has 2 fully saturated rings. The number of aryl methyl sites for hydroxylation is 1. The molecule has 1 atom stereocenters. The quantitative estimate of drug-likeness (QED) is 0.785. The molecule has 1 N–H and O–H groups in total. The summed E-state index contributed by atoms with van der Waals surface area (Å²) in [5.74, 6) is -0.0762. The Morgan fingerprint density at radius 3 is 2.41 bits per heavy atom. The first kappa shape index (κ1) is 21.7. The van der Waals surface area contributed by atoms with Crippen LogP contribution in [0.4, 0.5) is 4.39 Å². The van der Waals surface area contributed by atoms with E-state index in [0.717, 1.165) is 51.1 Å². The highest BCUT2D eigenvalue weighted by Crippen LogP contribution is 2.17. The van der Waals surface area contributed by atoms with E-state index in [1.165, 1.54) is 12.5 Å². The predicted molar refractivity (Wildman–Crippen MR) is 111 cm³/mol. The zero-order chi connectivity index (χ0) is 20.8. The summed E-state index contributed by atoms with van der Waals surface area (Å²) in [5.41, 5.74) is 1.36. The Morgan fingerprint density at radius 1 is 1.07 bits per heavy atom. The Labute approximate surface area is 173 Å². The van der Waals surface area contributed by atoms with Crippen LogP contribution in [0.25, 0.3) is 0 Å². The summed E-state index contributed by atoms with van der Waals surface area (Å²) in [4.78, 5) is 31.1. The fourth-order valence-electron chi connectivity index (χ4n) is 4.06. The molecule has 2 heterocycles. The van der Waals surface area contributed by atoms with Crippen molar-refractivity contribution in [2.75, 3.05) is 45.8 Å². The molecule has 2 aliphatic heterocycles. The van der Waals surface area contributed by atoms with E-state index in [-0.39, 0.29) is 17.6 Å². The molecule has 6 nitrogen and oxygen atoms in total. The predicted octanol–water partition coefficient (Wildman–Crippen LogP) is 1.77. The number of rotatable bonds is 6. The largest absolute Gasteiger partial charge is 0.351 e. The monoisotopic (exact) mass is 404 g/mol. The Morgan fingerprint density at radius 2 is 1.76 bits per heavy atom. The second kappa shape index (κ2) is 10.2. The minimum atomic E-state index is -0.249. The van der Waals surface area contributed by atoms with E-state index in [9.17, 15) is 14.0 Å². The lowest BCUT2D eigenvalue weighted by Crippen LogP contribution is -2.53. The van der Waals surface area contributed by atoms with E-state index in [2.05, 4.69) is 22.0 Å². The number of hydrogen-bond acceptors (Lipinski definition) is 4. The van der Waals surface area contributed by atoms with Crippen molar-refractivity contribution < 1.29 is 14.0 Å². The number of benzene rings is 1. The fraction of sp³-hybridized carbons (Fsp3) is 0.636. The smallest absolute Gasteiger partial charge is 0.236 e. The highest BCUT2D eigenvalue weighted by molar-refractivity contribution is 5.79. The van der Waals surface area contributed by atoms with Gasteiger partial charge >= 0.3 is 0 Å². The molecular formula is C22H33FN4O2. The highest BCUT2D eigenvalue weighted by Gasteiger charge is 2.26. The molecule has 2 saturated heterocycles. The summed E-state index contributed by atoms with van der Waals surface area (Å²) < 4.78 is 13.6. The van der Waals surface area contributed by atoms with Crippen molar-refractivity contribution in [3.8, 4) is 0 Å². The van der Waals surface area contributed by atoms with Gasteiger partial charge in [0.2, 0.25) is 11.8 Å². The van der Waals surface area contributed by atoms with E-state index < -0.39 is 0 Å². The molecule has 3 rings (SSSR count). The Kier molecular flexibility index (Phi) is 7.61. The van der Waals surface area contributed by atoms with Gasteiger partial charge in [-0.3, -0.25) is 19.4 Å². The number of nitrogens with one attached hydrogen (secondary N) is 1. The van der Waals surface area contributed by atoms with Crippen LogP contribution in [0.15, 0.2) is 18.2 Å². The van der Waals surface area contributed by atoms with Gasteiger partial charge in [-0.25, -0.2) is 4.39 Å². The first-order valence-corrected chi connectivity index (χ1v) is 10.7. The molecule has 0 spiro atoms. The van der Waals surface area contributed by atoms with E-state index in [1.54, 1.807) is 13.0 Å². The summed E-state index contributed by atoms with van der Waals surface area (Å²) in [6.45, 7) is 9.02. The van der Waals surface area contributed by atoms with Gasteiger partial charge in [0.25, 0.3) is 0 Å². The number of carbonyl (C=O) groups is 2. The Balaban J connectivity index is 1.36. The van der Waals surface area contributed by atoms with Gasteiger partial charge in [-0.05, 0) is 50.3 Å². The number of piperidine rings is 1. The zero-order valence-corrected chi connectivity index (χ0v) is 17.6. The summed E-state index contributed by atoms with van der Waals surface area (Å²) in [5, 5.41) is 2.86. The third kappa shape index (κ3) is 6.24. The van der Waals surface area contributed by atoms with Crippen LogP contribution in [0.1, 0.15) is 37.3 Å². The summed E-state index contributed by atoms with van der Waals surface area (Å²) in [6.07, 6.45) is 3.42. The van der Waals surface area contributed by atoms with Gasteiger partial charge in [0.15, 0.2) is 0 Å². The molecule has 0 bridgehead atoms. The minimum absolute atomic E-state index is 0.0577. The highest BCUT2D eigenvalue weighted by atomic mass is 19.1. The number of nitrogens with zero attached hydrogens (tertiary/aromatic N) is 3. The van der Waals surface area contributed by atoms with E-state index in [4.69, 9.17) is 0 Å².